The first-order valence-electron chi connectivity index (χ1n) is 13.7. The van der Waals surface area contributed by atoms with Crippen LogP contribution in [-0.4, -0.2) is 43.7 Å². The smallest absolute Gasteiger partial charge is 0.197 e. The minimum absolute atomic E-state index is 0.0117. The lowest BCUT2D eigenvalue weighted by atomic mass is 9.71. The number of rotatable bonds is 4. The Morgan fingerprint density at radius 2 is 1.90 bits per heavy atom. The van der Waals surface area contributed by atoms with Gasteiger partial charge in [0.1, 0.15) is 22.8 Å². The Hall–Kier alpha value is -4.08. The molecule has 0 bridgehead atoms. The molecule has 2 aromatic carbocycles. The molecule has 1 aliphatic heterocycles. The van der Waals surface area contributed by atoms with E-state index in [0.29, 0.717) is 41.7 Å². The number of furan rings is 1. The molecule has 2 aliphatic carbocycles. The summed E-state index contributed by atoms with van der Waals surface area (Å²) in [5.41, 5.74) is 5.18. The topological polar surface area (TPSA) is 64.8 Å². The van der Waals surface area contributed by atoms with Gasteiger partial charge < -0.3 is 18.8 Å². The minimum atomic E-state index is -0.462. The summed E-state index contributed by atoms with van der Waals surface area (Å²) in [4.78, 5) is 20.4. The number of hydrogen-bond acceptors (Lipinski definition) is 6. The summed E-state index contributed by atoms with van der Waals surface area (Å²) in [6.45, 7) is 8.15. The molecule has 6 nitrogen and oxygen atoms in total. The predicted octanol–water partition coefficient (Wildman–Crippen LogP) is 5.72. The van der Waals surface area contributed by atoms with Crippen molar-refractivity contribution in [2.24, 2.45) is 5.92 Å². The fraction of sp³-hybridized carbons (Fsp3) is 0.333. The van der Waals surface area contributed by atoms with Gasteiger partial charge in [0.05, 0.1) is 25.4 Å². The number of morpholine rings is 1. The standard InChI is InChI=1S/C33H30N2O4/c1-33(2)28-19-24(35-13-15-37-16-14-35)8-10-26(28)31(36)30-27-9-6-21(17-29(27)39-32(30)33)5-7-23-18-25(11-12-34-23)38-20-22-3-4-22/h6,8-12,17-19,22H,3-4,13-16,20H2,1-2H3. The number of anilines is 1. The summed E-state index contributed by atoms with van der Waals surface area (Å²) in [7, 11) is 0. The molecule has 2 fully saturated rings. The number of nitrogens with zero attached hydrogens (tertiary/aromatic N) is 2. The molecule has 0 spiro atoms. The molecule has 2 aromatic heterocycles. The molecule has 196 valence electrons. The van der Waals surface area contributed by atoms with Crippen molar-refractivity contribution in [2.75, 3.05) is 37.8 Å². The van der Waals surface area contributed by atoms with Crippen LogP contribution in [0.1, 0.15) is 65.2 Å². The average molecular weight is 519 g/mol. The van der Waals surface area contributed by atoms with Gasteiger partial charge in [-0.2, -0.15) is 0 Å². The summed E-state index contributed by atoms with van der Waals surface area (Å²) in [6.07, 6.45) is 4.23. The van der Waals surface area contributed by atoms with Crippen molar-refractivity contribution in [2.45, 2.75) is 32.1 Å². The van der Waals surface area contributed by atoms with Crippen LogP contribution in [0.4, 0.5) is 5.69 Å². The number of ether oxygens (including phenoxy) is 2. The van der Waals surface area contributed by atoms with Crippen LogP contribution in [-0.2, 0) is 10.2 Å². The SMILES string of the molecule is CC1(C)c2cc(N3CCOCC3)ccc2C(=O)c2c1oc1cc(C#Cc3cc(OCC4CC4)ccn3)ccc21. The molecule has 0 radical (unpaired) electrons. The zero-order valence-electron chi connectivity index (χ0n) is 22.3. The molecule has 0 atom stereocenters. The first-order valence-corrected chi connectivity index (χ1v) is 13.7. The Bertz CT molecular complexity index is 1660. The van der Waals surface area contributed by atoms with E-state index in [0.717, 1.165) is 53.2 Å². The van der Waals surface area contributed by atoms with Crippen molar-refractivity contribution in [1.82, 2.24) is 4.98 Å². The molecule has 1 saturated carbocycles. The number of fused-ring (bicyclic) bond motifs is 4. The molecule has 3 heterocycles. The zero-order chi connectivity index (χ0) is 26.6. The average Bonchev–Trinajstić information content (AvgIpc) is 3.72. The van der Waals surface area contributed by atoms with Gasteiger partial charge in [0.2, 0.25) is 0 Å². The fourth-order valence-electron chi connectivity index (χ4n) is 5.57. The third kappa shape index (κ3) is 4.37. The second kappa shape index (κ2) is 9.29. The highest BCUT2D eigenvalue weighted by Crippen LogP contribution is 2.46. The van der Waals surface area contributed by atoms with Crippen LogP contribution < -0.4 is 9.64 Å². The lowest BCUT2D eigenvalue weighted by molar-refractivity contribution is 0.102. The number of carbonyl (C=O) groups is 1. The highest BCUT2D eigenvalue weighted by molar-refractivity contribution is 6.19. The van der Waals surface area contributed by atoms with Crippen molar-refractivity contribution in [3.8, 4) is 17.6 Å². The van der Waals surface area contributed by atoms with Gasteiger partial charge >= 0.3 is 0 Å². The summed E-state index contributed by atoms with van der Waals surface area (Å²) >= 11 is 0. The monoisotopic (exact) mass is 518 g/mol. The van der Waals surface area contributed by atoms with E-state index in [-0.39, 0.29) is 5.78 Å². The van der Waals surface area contributed by atoms with Gasteiger partial charge in [-0.15, -0.1) is 0 Å². The van der Waals surface area contributed by atoms with Gasteiger partial charge in [-0.25, -0.2) is 4.98 Å². The van der Waals surface area contributed by atoms with Gasteiger partial charge in [-0.05, 0) is 86.6 Å². The minimum Gasteiger partial charge on any atom is -0.493 e. The molecule has 39 heavy (non-hydrogen) atoms. The maximum Gasteiger partial charge on any atom is 0.197 e. The third-order valence-electron chi connectivity index (χ3n) is 8.03. The maximum atomic E-state index is 13.7. The summed E-state index contributed by atoms with van der Waals surface area (Å²) in [5.74, 6) is 8.56. The van der Waals surface area contributed by atoms with E-state index >= 15 is 0 Å². The zero-order valence-corrected chi connectivity index (χ0v) is 22.3. The summed E-state index contributed by atoms with van der Waals surface area (Å²) in [5, 5.41) is 0.824. The Morgan fingerprint density at radius 3 is 2.72 bits per heavy atom. The van der Waals surface area contributed by atoms with E-state index in [4.69, 9.17) is 13.9 Å². The van der Waals surface area contributed by atoms with Crippen LogP contribution in [0.3, 0.4) is 0 Å². The first kappa shape index (κ1) is 24.0. The number of carbonyl (C=O) groups excluding carboxylic acids is 1. The predicted molar refractivity (Wildman–Crippen MR) is 150 cm³/mol. The van der Waals surface area contributed by atoms with Gasteiger partial charge in [-0.1, -0.05) is 5.92 Å². The molecule has 3 aliphatic rings. The van der Waals surface area contributed by atoms with Gasteiger partial charge in [0, 0.05) is 53.0 Å². The lowest BCUT2D eigenvalue weighted by Gasteiger charge is -2.34. The second-order valence-electron chi connectivity index (χ2n) is 11.2. The van der Waals surface area contributed by atoms with E-state index in [1.165, 1.54) is 12.8 Å². The van der Waals surface area contributed by atoms with Crippen molar-refractivity contribution < 1.29 is 18.7 Å². The number of ketones is 1. The van der Waals surface area contributed by atoms with Gasteiger partial charge in [-0.3, -0.25) is 4.79 Å². The van der Waals surface area contributed by atoms with E-state index in [2.05, 4.69) is 47.7 Å². The fourth-order valence-corrected chi connectivity index (χ4v) is 5.57. The van der Waals surface area contributed by atoms with E-state index < -0.39 is 5.41 Å². The van der Waals surface area contributed by atoms with Crippen LogP contribution in [0, 0.1) is 17.8 Å². The van der Waals surface area contributed by atoms with E-state index in [1.807, 2.05) is 36.4 Å². The molecule has 4 aromatic rings. The Kier molecular flexibility index (Phi) is 5.71. The molecule has 7 rings (SSSR count). The van der Waals surface area contributed by atoms with Crippen molar-refractivity contribution >= 4 is 22.4 Å². The Morgan fingerprint density at radius 1 is 1.05 bits per heavy atom. The van der Waals surface area contributed by atoms with Crippen LogP contribution in [0.25, 0.3) is 11.0 Å². The van der Waals surface area contributed by atoms with Crippen LogP contribution in [0.5, 0.6) is 5.75 Å². The molecule has 0 amide bonds. The van der Waals surface area contributed by atoms with Crippen molar-refractivity contribution in [1.29, 1.82) is 0 Å². The summed E-state index contributed by atoms with van der Waals surface area (Å²) < 4.78 is 17.8. The Balaban J connectivity index is 1.21. The first-order chi connectivity index (χ1) is 19.0. The quantitative estimate of drug-likeness (QED) is 0.322. The molecule has 1 saturated heterocycles. The molecule has 0 N–H and O–H groups in total. The van der Waals surface area contributed by atoms with Crippen molar-refractivity contribution in [3.05, 3.63) is 88.4 Å². The highest BCUT2D eigenvalue weighted by atomic mass is 16.5. The van der Waals surface area contributed by atoms with Crippen LogP contribution in [0.15, 0.2) is 59.1 Å². The lowest BCUT2D eigenvalue weighted by Crippen LogP contribution is -2.37. The number of benzene rings is 2. The highest BCUT2D eigenvalue weighted by Gasteiger charge is 2.41. The summed E-state index contributed by atoms with van der Waals surface area (Å²) in [6, 6.07) is 15.7. The third-order valence-corrected chi connectivity index (χ3v) is 8.03. The number of aromatic nitrogens is 1. The second-order valence-corrected chi connectivity index (χ2v) is 11.2. The molecular formula is C33H30N2O4. The number of hydrogen-bond donors (Lipinski definition) is 0. The normalized spacial score (nSPS) is 17.8. The molecule has 6 heteroatoms. The van der Waals surface area contributed by atoms with Gasteiger partial charge in [0.25, 0.3) is 0 Å². The van der Waals surface area contributed by atoms with Crippen LogP contribution in [0.2, 0.25) is 0 Å². The molecular weight excluding hydrogens is 488 g/mol. The van der Waals surface area contributed by atoms with Crippen molar-refractivity contribution in [3.63, 3.8) is 0 Å². The molecule has 0 unspecified atom stereocenters. The van der Waals surface area contributed by atoms with Crippen LogP contribution >= 0.6 is 0 Å². The number of pyridine rings is 1. The van der Waals surface area contributed by atoms with E-state index in [9.17, 15) is 4.79 Å². The largest absolute Gasteiger partial charge is 0.493 e. The van der Waals surface area contributed by atoms with E-state index in [1.54, 1.807) is 6.20 Å². The Labute approximate surface area is 227 Å². The maximum absolute atomic E-state index is 13.7. The van der Waals surface area contributed by atoms with Gasteiger partial charge in [0.15, 0.2) is 5.78 Å².